The molecule has 1 aromatic rings. The van der Waals surface area contributed by atoms with Crippen molar-refractivity contribution in [3.05, 3.63) is 18.7 Å². The van der Waals surface area contributed by atoms with Crippen molar-refractivity contribution >= 4 is 11.8 Å². The Kier molecular flexibility index (Phi) is 32.7. The summed E-state index contributed by atoms with van der Waals surface area (Å²) in [5.41, 5.74) is 1.84. The third kappa shape index (κ3) is 32.4. The van der Waals surface area contributed by atoms with Gasteiger partial charge in [-0.25, -0.2) is 4.98 Å². The van der Waals surface area contributed by atoms with Gasteiger partial charge < -0.3 is 19.1 Å². The molecule has 0 N–H and O–H groups in total. The fraction of sp³-hybridized carbons (Fsp3) is 0.949. The molecule has 0 spiro atoms. The monoisotopic (exact) mass is 1020 g/mol. The van der Waals surface area contributed by atoms with Crippen LogP contribution in [0.15, 0.2) is 18.7 Å². The van der Waals surface area contributed by atoms with Crippen LogP contribution in [0.3, 0.4) is 0 Å². The minimum atomic E-state index is 0.177. The maximum atomic E-state index is 5.21. The highest BCUT2D eigenvalue weighted by Gasteiger charge is 2.30. The van der Waals surface area contributed by atoms with Crippen LogP contribution < -0.4 is 0 Å². The van der Waals surface area contributed by atoms with Crippen LogP contribution in [0, 0.1) is 0 Å². The van der Waals surface area contributed by atoms with Crippen LogP contribution >= 0.6 is 11.8 Å². The minimum Gasteiger partial charge on any atom is -0.379 e. The van der Waals surface area contributed by atoms with Gasteiger partial charge >= 0.3 is 0 Å². The zero-order valence-corrected chi connectivity index (χ0v) is 52.5. The SMILES string of the molecule is CC(C)(C)N1CC1.CC(C)(C)N1CCC1.CC(C)(C)N1CCCCC1.CC(C)(C)N1CCSCC1.CC(C)(C)n1ccnc1.CC(C)N1CCCC1.CC(C)N1CCN(C)CC1.CC(C)N1CCOCC1. The van der Waals surface area contributed by atoms with Crippen molar-refractivity contribution in [1.29, 1.82) is 0 Å². The minimum absolute atomic E-state index is 0.177. The summed E-state index contributed by atoms with van der Waals surface area (Å²) in [6.07, 6.45) is 14.1. The lowest BCUT2D eigenvalue weighted by Crippen LogP contribution is -2.49. The van der Waals surface area contributed by atoms with Gasteiger partial charge in [-0.15, -0.1) is 0 Å². The van der Waals surface area contributed by atoms with Crippen molar-refractivity contribution in [2.24, 2.45) is 0 Å². The van der Waals surface area contributed by atoms with Crippen molar-refractivity contribution in [3.63, 3.8) is 0 Å². The number of thioether (sulfide) groups is 1. The van der Waals surface area contributed by atoms with Crippen LogP contribution in [0.25, 0.3) is 0 Å². The van der Waals surface area contributed by atoms with Crippen molar-refractivity contribution < 1.29 is 4.74 Å². The molecular formula is C59H124N10OS. The molecule has 0 aromatic carbocycles. The number of likely N-dealkylation sites (N-methyl/N-ethyl adjacent to an activating group) is 1. The Morgan fingerprint density at radius 3 is 0.986 bits per heavy atom. The zero-order chi connectivity index (χ0) is 54.1. The highest BCUT2D eigenvalue weighted by Crippen LogP contribution is 2.22. The molecule has 0 aliphatic carbocycles. The second-order valence-corrected chi connectivity index (χ2v) is 28.0. The van der Waals surface area contributed by atoms with Crippen LogP contribution in [0.2, 0.25) is 0 Å². The molecule has 11 nitrogen and oxygen atoms in total. The standard InChI is InChI=1S/C9H19N.C8H18N2.C8H17NS.C7H12N2.C7H15NO.2C7H15N.C6H13N/c1-9(2,3)10-7-5-4-6-8-10;1-8(2)10-6-4-9(3)5-7-10;1-8(2,3)9-4-6-10-7-5-9;1-7(2,3)9-5-4-8-6-9;1-7(2)8-3-5-9-6-4-8;1-7(2,3)8-5-4-6-8;1-7(2)8-5-3-4-6-8;1-6(2,3)7-4-5-7/h4-8H2,1-3H3;8H,4-7H2,1-3H3;4-7H2,1-3H3;4-6H,1-3H3;7H,3-6H2,1-2H3;4-6H2,1-3H3;7H,3-6H2,1-2H3;4-5H2,1-3H3. The van der Waals surface area contributed by atoms with Crippen molar-refractivity contribution in [2.45, 2.75) is 230 Å². The number of hydrogen-bond acceptors (Lipinski definition) is 11. The van der Waals surface area contributed by atoms with Crippen LogP contribution in [-0.2, 0) is 10.3 Å². The van der Waals surface area contributed by atoms with Gasteiger partial charge in [0.2, 0.25) is 0 Å². The Balaban J connectivity index is 0.000000407. The number of piperazine rings is 1. The first kappa shape index (κ1) is 68.2. The van der Waals surface area contributed by atoms with E-state index in [0.717, 1.165) is 38.4 Å². The van der Waals surface area contributed by atoms with Gasteiger partial charge in [-0.3, -0.25) is 29.4 Å². The number of nitrogens with zero attached hydrogens (tertiary/aromatic N) is 10. The van der Waals surface area contributed by atoms with E-state index in [1.807, 2.05) is 12.5 Å². The van der Waals surface area contributed by atoms with E-state index in [1.54, 1.807) is 6.20 Å². The summed E-state index contributed by atoms with van der Waals surface area (Å²) in [5.74, 6) is 2.63. The Morgan fingerprint density at radius 1 is 0.394 bits per heavy atom. The Labute approximate surface area is 448 Å². The first-order chi connectivity index (χ1) is 32.8. The number of imidazole rings is 1. The highest BCUT2D eigenvalue weighted by molar-refractivity contribution is 7.99. The summed E-state index contributed by atoms with van der Waals surface area (Å²) in [6, 6.07) is 2.19. The molecule has 7 aliphatic heterocycles. The fourth-order valence-corrected chi connectivity index (χ4v) is 9.76. The normalized spacial score (nSPS) is 21.7. The average Bonchev–Trinajstić information content (AvgIpc) is 3.70. The predicted molar refractivity (Wildman–Crippen MR) is 316 cm³/mol. The van der Waals surface area contributed by atoms with E-state index in [-0.39, 0.29) is 5.54 Å². The van der Waals surface area contributed by atoms with E-state index in [9.17, 15) is 0 Å². The number of morpholine rings is 1. The van der Waals surface area contributed by atoms with Gasteiger partial charge in [0.05, 0.1) is 19.5 Å². The third-order valence-corrected chi connectivity index (χ3v) is 15.6. The van der Waals surface area contributed by atoms with Crippen LogP contribution in [-0.4, -0.2) is 226 Å². The van der Waals surface area contributed by atoms with Crippen molar-refractivity contribution in [3.8, 4) is 0 Å². The summed E-state index contributed by atoms with van der Waals surface area (Å²) in [6.45, 7) is 69.4. The summed E-state index contributed by atoms with van der Waals surface area (Å²) in [4.78, 5) is 23.9. The molecule has 8 rings (SSSR count). The van der Waals surface area contributed by atoms with Gasteiger partial charge in [0.25, 0.3) is 0 Å². The summed E-state index contributed by atoms with van der Waals surface area (Å²) in [7, 11) is 2.19. The molecule has 1 aromatic heterocycles. The van der Waals surface area contributed by atoms with Crippen LogP contribution in [0.4, 0.5) is 0 Å². The van der Waals surface area contributed by atoms with Crippen LogP contribution in [0.5, 0.6) is 0 Å². The van der Waals surface area contributed by atoms with E-state index in [0.29, 0.717) is 28.2 Å². The molecule has 7 saturated heterocycles. The first-order valence-electron chi connectivity index (χ1n) is 28.9. The zero-order valence-electron chi connectivity index (χ0n) is 51.6. The fourth-order valence-electron chi connectivity index (χ4n) is 8.85. The number of rotatable bonds is 3. The number of likely N-dealkylation sites (tertiary alicyclic amines) is 3. The van der Waals surface area contributed by atoms with Crippen molar-refractivity contribution in [1.82, 2.24) is 48.8 Å². The topological polar surface area (TPSA) is 52.7 Å². The van der Waals surface area contributed by atoms with Gasteiger partial charge in [-0.05, 0) is 224 Å². The largest absolute Gasteiger partial charge is 0.379 e. The van der Waals surface area contributed by atoms with Gasteiger partial charge in [-0.1, -0.05) is 6.42 Å². The maximum Gasteiger partial charge on any atom is 0.0950 e. The second kappa shape index (κ2) is 34.1. The molecule has 0 atom stereocenters. The van der Waals surface area contributed by atoms with E-state index in [1.165, 1.54) is 142 Å². The smallest absolute Gasteiger partial charge is 0.0950 e. The Morgan fingerprint density at radius 2 is 0.746 bits per heavy atom. The Bertz CT molecular complexity index is 1350. The summed E-state index contributed by atoms with van der Waals surface area (Å²) in [5, 5.41) is 0. The molecular weight excluding hydrogens is 897 g/mol. The van der Waals surface area contributed by atoms with E-state index >= 15 is 0 Å². The van der Waals surface area contributed by atoms with E-state index in [4.69, 9.17) is 4.74 Å². The highest BCUT2D eigenvalue weighted by atomic mass is 32.2. The lowest BCUT2D eigenvalue weighted by atomic mass is 10.0. The number of hydrogen-bond donors (Lipinski definition) is 0. The predicted octanol–water partition coefficient (Wildman–Crippen LogP) is 11.2. The van der Waals surface area contributed by atoms with Gasteiger partial charge in [0, 0.05) is 135 Å². The molecule has 7 aliphatic rings. The molecule has 0 saturated carbocycles. The van der Waals surface area contributed by atoms with E-state index < -0.39 is 0 Å². The molecule has 0 radical (unpaired) electrons. The lowest BCUT2D eigenvalue weighted by molar-refractivity contribution is 0.0238. The Hall–Kier alpha value is -0.800. The van der Waals surface area contributed by atoms with Gasteiger partial charge in [-0.2, -0.15) is 11.8 Å². The molecule has 0 amide bonds. The van der Waals surface area contributed by atoms with Gasteiger partial charge in [0.15, 0.2) is 0 Å². The van der Waals surface area contributed by atoms with E-state index in [2.05, 4.69) is 213 Å². The molecule has 422 valence electrons. The molecule has 12 heteroatoms. The molecule has 0 unspecified atom stereocenters. The second-order valence-electron chi connectivity index (χ2n) is 26.8. The van der Waals surface area contributed by atoms with Crippen molar-refractivity contribution in [2.75, 3.05) is 136 Å². The summed E-state index contributed by atoms with van der Waals surface area (Å²) >= 11 is 2.07. The number of aromatic nitrogens is 2. The first-order valence-corrected chi connectivity index (χ1v) is 30.0. The van der Waals surface area contributed by atoms with Crippen LogP contribution in [0.1, 0.15) is 184 Å². The average molecular weight is 1020 g/mol. The quantitative estimate of drug-likeness (QED) is 0.272. The lowest BCUT2D eigenvalue weighted by Gasteiger charge is -2.42. The molecule has 0 bridgehead atoms. The third-order valence-electron chi connectivity index (χ3n) is 14.7. The molecule has 7 fully saturated rings. The molecule has 71 heavy (non-hydrogen) atoms. The maximum absolute atomic E-state index is 5.21. The molecule has 8 heterocycles. The summed E-state index contributed by atoms with van der Waals surface area (Å²) < 4.78 is 7.28. The number of ether oxygens (including phenoxy) is 1. The van der Waals surface area contributed by atoms with Gasteiger partial charge in [0.1, 0.15) is 0 Å². The number of piperidine rings is 1.